The molecule has 2 nitrogen and oxygen atoms in total. The van der Waals surface area contributed by atoms with E-state index >= 15 is 0 Å². The van der Waals surface area contributed by atoms with E-state index in [-0.39, 0.29) is 0 Å². The Bertz CT molecular complexity index is 237. The third-order valence-corrected chi connectivity index (χ3v) is 3.13. The van der Waals surface area contributed by atoms with Gasteiger partial charge in [0.15, 0.2) is 0 Å². The Balaban J connectivity index is 2.98. The minimum Gasteiger partial charge on any atom is -0.411 e. The van der Waals surface area contributed by atoms with Gasteiger partial charge in [-0.1, -0.05) is 5.16 Å². The maximum absolute atomic E-state index is 8.18. The van der Waals surface area contributed by atoms with Gasteiger partial charge in [0.05, 0.1) is 11.1 Å². The van der Waals surface area contributed by atoms with Gasteiger partial charge in [0.1, 0.15) is 0 Å². The number of thiophene rings is 1. The Kier molecular flexibility index (Phi) is 2.45. The first-order valence-corrected chi connectivity index (χ1v) is 4.28. The second-order valence-corrected chi connectivity index (χ2v) is 3.94. The van der Waals surface area contributed by atoms with Gasteiger partial charge >= 0.3 is 0 Å². The van der Waals surface area contributed by atoms with Gasteiger partial charge in [0.2, 0.25) is 0 Å². The van der Waals surface area contributed by atoms with Crippen molar-refractivity contribution >= 4 is 33.5 Å². The molecular weight excluding hydrogens is 214 g/mol. The third-order valence-electron chi connectivity index (χ3n) is 1.06. The largest absolute Gasteiger partial charge is 0.411 e. The number of rotatable bonds is 1. The van der Waals surface area contributed by atoms with Gasteiger partial charge in [0, 0.05) is 9.35 Å². The van der Waals surface area contributed by atoms with Crippen LogP contribution in [0.3, 0.4) is 0 Å². The van der Waals surface area contributed by atoms with Crippen LogP contribution in [-0.4, -0.2) is 11.4 Å². The summed E-state index contributed by atoms with van der Waals surface area (Å²) in [6, 6.07) is 1.92. The summed E-state index contributed by atoms with van der Waals surface area (Å²) in [7, 11) is 0. The molecule has 54 valence electrons. The molecule has 0 fully saturated rings. The van der Waals surface area contributed by atoms with Crippen molar-refractivity contribution in [3.63, 3.8) is 0 Å². The number of hydrogen-bond acceptors (Lipinski definition) is 3. The molecule has 0 bridgehead atoms. The van der Waals surface area contributed by atoms with Crippen LogP contribution < -0.4 is 0 Å². The summed E-state index contributed by atoms with van der Waals surface area (Å²) in [4.78, 5) is 2.14. The summed E-state index contributed by atoms with van der Waals surface area (Å²) >= 11 is 4.94. The molecular formula is C6H6BrNOS. The Hall–Kier alpha value is -0.350. The lowest BCUT2D eigenvalue weighted by molar-refractivity contribution is 0.322. The monoisotopic (exact) mass is 219 g/mol. The van der Waals surface area contributed by atoms with E-state index in [1.807, 2.05) is 13.0 Å². The summed E-state index contributed by atoms with van der Waals surface area (Å²) < 4.78 is 1.06. The van der Waals surface area contributed by atoms with E-state index in [0.29, 0.717) is 0 Å². The lowest BCUT2D eigenvalue weighted by Gasteiger charge is -1.77. The molecule has 4 heteroatoms. The molecule has 1 aromatic rings. The van der Waals surface area contributed by atoms with Gasteiger partial charge in [-0.05, 0) is 28.9 Å². The number of nitrogens with zero attached hydrogens (tertiary/aromatic N) is 1. The molecule has 1 aromatic heterocycles. The summed E-state index contributed by atoms with van der Waals surface area (Å²) in [5.74, 6) is 0. The fraction of sp³-hybridized carbons (Fsp3) is 0.167. The van der Waals surface area contributed by atoms with Crippen molar-refractivity contribution in [3.05, 3.63) is 20.3 Å². The molecule has 0 aliphatic carbocycles. The Morgan fingerprint density at radius 1 is 1.80 bits per heavy atom. The van der Waals surface area contributed by atoms with Gasteiger partial charge in [-0.3, -0.25) is 0 Å². The minimum atomic E-state index is 0.951. The summed E-state index contributed by atoms with van der Waals surface area (Å²) in [6.07, 6.45) is 1.42. The Morgan fingerprint density at radius 3 is 2.90 bits per heavy atom. The van der Waals surface area contributed by atoms with Crippen molar-refractivity contribution in [3.8, 4) is 0 Å². The number of halogens is 1. The van der Waals surface area contributed by atoms with Crippen LogP contribution in [0.2, 0.25) is 0 Å². The van der Waals surface area contributed by atoms with Crippen molar-refractivity contribution in [2.45, 2.75) is 6.92 Å². The highest BCUT2D eigenvalue weighted by molar-refractivity contribution is 9.10. The molecule has 1 heterocycles. The highest BCUT2D eigenvalue weighted by Gasteiger charge is 1.98. The zero-order valence-corrected chi connectivity index (χ0v) is 7.74. The van der Waals surface area contributed by atoms with Crippen LogP contribution >= 0.6 is 27.3 Å². The zero-order chi connectivity index (χ0) is 7.56. The normalized spacial score (nSPS) is 11.0. The predicted molar refractivity (Wildman–Crippen MR) is 46.1 cm³/mol. The number of aryl methyl sites for hydroxylation is 1. The fourth-order valence-corrected chi connectivity index (χ4v) is 2.03. The molecule has 1 N–H and O–H groups in total. The van der Waals surface area contributed by atoms with Crippen molar-refractivity contribution in [1.82, 2.24) is 0 Å². The maximum Gasteiger partial charge on any atom is 0.0834 e. The lowest BCUT2D eigenvalue weighted by Crippen LogP contribution is -1.68. The quantitative estimate of drug-likeness (QED) is 0.440. The molecule has 0 unspecified atom stereocenters. The van der Waals surface area contributed by atoms with E-state index in [2.05, 4.69) is 21.1 Å². The van der Waals surface area contributed by atoms with Crippen LogP contribution in [0.1, 0.15) is 9.75 Å². The second-order valence-electron chi connectivity index (χ2n) is 1.80. The van der Waals surface area contributed by atoms with Crippen molar-refractivity contribution in [2.75, 3.05) is 0 Å². The van der Waals surface area contributed by atoms with E-state index in [0.717, 1.165) is 9.35 Å². The standard InChI is InChI=1S/C6H6BrNOS/c1-4-6(7)2-5(10-4)3-8-9/h2-3,9H,1H3. The topological polar surface area (TPSA) is 32.6 Å². The first kappa shape index (κ1) is 7.75. The highest BCUT2D eigenvalue weighted by atomic mass is 79.9. The lowest BCUT2D eigenvalue weighted by atomic mass is 10.4. The summed E-state index contributed by atoms with van der Waals surface area (Å²) in [6.45, 7) is 2.00. The maximum atomic E-state index is 8.18. The van der Waals surface area contributed by atoms with Crippen molar-refractivity contribution in [2.24, 2.45) is 5.16 Å². The first-order valence-electron chi connectivity index (χ1n) is 2.67. The highest BCUT2D eigenvalue weighted by Crippen LogP contribution is 2.24. The van der Waals surface area contributed by atoms with Crippen LogP contribution in [0.5, 0.6) is 0 Å². The SMILES string of the molecule is Cc1sc(C=NO)cc1Br. The van der Waals surface area contributed by atoms with Gasteiger partial charge in [-0.25, -0.2) is 0 Å². The van der Waals surface area contributed by atoms with Crippen LogP contribution in [0.25, 0.3) is 0 Å². The van der Waals surface area contributed by atoms with Crippen LogP contribution in [-0.2, 0) is 0 Å². The van der Waals surface area contributed by atoms with Crippen LogP contribution in [0.4, 0.5) is 0 Å². The first-order chi connectivity index (χ1) is 4.74. The van der Waals surface area contributed by atoms with Crippen molar-refractivity contribution in [1.29, 1.82) is 0 Å². The predicted octanol–water partition coefficient (Wildman–Crippen LogP) is 2.63. The second kappa shape index (κ2) is 3.16. The zero-order valence-electron chi connectivity index (χ0n) is 5.34. The third kappa shape index (κ3) is 1.58. The average Bonchev–Trinajstić information content (AvgIpc) is 2.14. The summed E-state index contributed by atoms with van der Waals surface area (Å²) in [5.41, 5.74) is 0. The van der Waals surface area contributed by atoms with E-state index in [1.165, 1.54) is 11.1 Å². The number of oxime groups is 1. The molecule has 0 aliphatic heterocycles. The fourth-order valence-electron chi connectivity index (χ4n) is 0.602. The molecule has 0 aromatic carbocycles. The molecule has 10 heavy (non-hydrogen) atoms. The number of hydrogen-bond donors (Lipinski definition) is 1. The molecule has 0 saturated heterocycles. The van der Waals surface area contributed by atoms with E-state index in [4.69, 9.17) is 5.21 Å². The van der Waals surface area contributed by atoms with E-state index < -0.39 is 0 Å². The molecule has 1 rings (SSSR count). The smallest absolute Gasteiger partial charge is 0.0834 e. The van der Waals surface area contributed by atoms with E-state index in [9.17, 15) is 0 Å². The summed E-state index contributed by atoms with van der Waals surface area (Å²) in [5, 5.41) is 11.1. The van der Waals surface area contributed by atoms with Gasteiger partial charge in [0.25, 0.3) is 0 Å². The minimum absolute atomic E-state index is 0.951. The van der Waals surface area contributed by atoms with Gasteiger partial charge in [-0.15, -0.1) is 11.3 Å². The average molecular weight is 220 g/mol. The molecule has 0 saturated carbocycles. The van der Waals surface area contributed by atoms with E-state index in [1.54, 1.807) is 11.3 Å². The molecule has 0 atom stereocenters. The van der Waals surface area contributed by atoms with Crippen LogP contribution in [0, 0.1) is 6.92 Å². The molecule has 0 spiro atoms. The van der Waals surface area contributed by atoms with Crippen LogP contribution in [0.15, 0.2) is 15.7 Å². The van der Waals surface area contributed by atoms with Crippen molar-refractivity contribution < 1.29 is 5.21 Å². The Labute approximate surface area is 71.3 Å². The Morgan fingerprint density at radius 2 is 2.50 bits per heavy atom. The molecule has 0 aliphatic rings. The molecule has 0 radical (unpaired) electrons. The van der Waals surface area contributed by atoms with Gasteiger partial charge in [-0.2, -0.15) is 0 Å². The van der Waals surface area contributed by atoms with Gasteiger partial charge < -0.3 is 5.21 Å². The molecule has 0 amide bonds.